The first-order valence-corrected chi connectivity index (χ1v) is 7.56. The third-order valence-electron chi connectivity index (χ3n) is 4.12. The Morgan fingerprint density at radius 3 is 2.88 bits per heavy atom. The third-order valence-corrected chi connectivity index (χ3v) is 4.12. The third kappa shape index (κ3) is 1.97. The fourth-order valence-electron chi connectivity index (χ4n) is 2.92. The normalized spacial score (nSPS) is 11.3. The molecule has 24 heavy (non-hydrogen) atoms. The number of hydrogen-bond donors (Lipinski definition) is 1. The fourth-order valence-corrected chi connectivity index (χ4v) is 2.92. The maximum Gasteiger partial charge on any atom is 0.155 e. The second kappa shape index (κ2) is 4.99. The number of rotatable bonds is 2. The lowest BCUT2D eigenvalue weighted by molar-refractivity contribution is 0.962. The van der Waals surface area contributed by atoms with Crippen molar-refractivity contribution in [2.45, 2.75) is 0 Å². The van der Waals surface area contributed by atoms with E-state index in [1.807, 2.05) is 49.1 Å². The summed E-state index contributed by atoms with van der Waals surface area (Å²) in [4.78, 5) is 16.2. The molecule has 0 spiro atoms. The number of H-pyrrole nitrogens is 1. The van der Waals surface area contributed by atoms with Gasteiger partial charge in [0.05, 0.1) is 0 Å². The highest BCUT2D eigenvalue weighted by Gasteiger charge is 2.10. The van der Waals surface area contributed by atoms with Gasteiger partial charge in [-0.05, 0) is 29.8 Å². The van der Waals surface area contributed by atoms with Crippen LogP contribution < -0.4 is 0 Å². The summed E-state index contributed by atoms with van der Waals surface area (Å²) in [7, 11) is 0. The minimum absolute atomic E-state index is 0.818. The van der Waals surface area contributed by atoms with E-state index in [1.165, 1.54) is 0 Å². The molecule has 0 aromatic carbocycles. The van der Waals surface area contributed by atoms with Crippen molar-refractivity contribution in [2.75, 3.05) is 0 Å². The molecule has 0 radical (unpaired) electrons. The van der Waals surface area contributed by atoms with Crippen molar-refractivity contribution >= 4 is 16.7 Å². The molecule has 5 aromatic heterocycles. The van der Waals surface area contributed by atoms with Crippen molar-refractivity contribution in [3.05, 3.63) is 67.6 Å². The van der Waals surface area contributed by atoms with Crippen molar-refractivity contribution < 1.29 is 0 Å². The topological polar surface area (TPSA) is 71.8 Å². The smallest absolute Gasteiger partial charge is 0.155 e. The molecule has 0 amide bonds. The Kier molecular flexibility index (Phi) is 2.69. The zero-order valence-electron chi connectivity index (χ0n) is 12.6. The van der Waals surface area contributed by atoms with Gasteiger partial charge in [0.25, 0.3) is 0 Å². The monoisotopic (exact) mass is 312 g/mol. The van der Waals surface area contributed by atoms with Crippen LogP contribution in [0.5, 0.6) is 0 Å². The van der Waals surface area contributed by atoms with Crippen molar-refractivity contribution in [1.29, 1.82) is 0 Å². The van der Waals surface area contributed by atoms with E-state index in [2.05, 4.69) is 31.1 Å². The van der Waals surface area contributed by atoms with Crippen LogP contribution in [-0.4, -0.2) is 29.5 Å². The summed E-state index contributed by atoms with van der Waals surface area (Å²) < 4.78 is 1.75. The van der Waals surface area contributed by atoms with Gasteiger partial charge in [-0.1, -0.05) is 6.07 Å². The highest BCUT2D eigenvalue weighted by molar-refractivity contribution is 5.96. The fraction of sp³-hybridized carbons (Fsp3) is 0. The van der Waals surface area contributed by atoms with E-state index in [9.17, 15) is 0 Å². The van der Waals surface area contributed by atoms with E-state index >= 15 is 0 Å². The van der Waals surface area contributed by atoms with Gasteiger partial charge in [-0.25, -0.2) is 14.5 Å². The predicted octanol–water partition coefficient (Wildman–Crippen LogP) is 3.33. The number of aromatic amines is 1. The van der Waals surface area contributed by atoms with Crippen molar-refractivity contribution in [1.82, 2.24) is 29.5 Å². The van der Waals surface area contributed by atoms with Crippen LogP contribution in [0, 0.1) is 0 Å². The number of fused-ring (bicyclic) bond motifs is 2. The number of nitrogens with zero attached hydrogens (tertiary/aromatic N) is 5. The molecular formula is C18H12N6. The summed E-state index contributed by atoms with van der Waals surface area (Å²) in [5.74, 6) is 0. The predicted molar refractivity (Wildman–Crippen MR) is 91.3 cm³/mol. The number of aromatic nitrogens is 6. The van der Waals surface area contributed by atoms with Crippen LogP contribution in [0.4, 0.5) is 0 Å². The Labute approximate surface area is 136 Å². The first-order chi connectivity index (χ1) is 11.9. The molecule has 0 atom stereocenters. The molecule has 0 unspecified atom stereocenters. The molecule has 0 saturated heterocycles. The second-order valence-electron chi connectivity index (χ2n) is 5.54. The summed E-state index contributed by atoms with van der Waals surface area (Å²) in [6.45, 7) is 0. The van der Waals surface area contributed by atoms with E-state index in [4.69, 9.17) is 0 Å². The van der Waals surface area contributed by atoms with Gasteiger partial charge in [0.1, 0.15) is 12.0 Å². The van der Waals surface area contributed by atoms with Gasteiger partial charge in [-0.2, -0.15) is 5.10 Å². The van der Waals surface area contributed by atoms with Gasteiger partial charge in [-0.15, -0.1) is 0 Å². The Morgan fingerprint density at radius 2 is 1.96 bits per heavy atom. The zero-order valence-corrected chi connectivity index (χ0v) is 12.6. The molecule has 0 bridgehead atoms. The molecule has 0 fully saturated rings. The standard InChI is InChI=1S/C18H12N6/c1-2-13(8-19-4-1)14-6-15-16(10-21-18(15)20-9-14)12-3-5-24-17(7-12)22-11-23-24/h1-11H,(H,20,21). The average Bonchev–Trinajstić information content (AvgIpc) is 3.27. The molecule has 6 nitrogen and oxygen atoms in total. The first kappa shape index (κ1) is 13.0. The van der Waals surface area contributed by atoms with Gasteiger partial charge >= 0.3 is 0 Å². The summed E-state index contributed by atoms with van der Waals surface area (Å²) in [5.41, 5.74) is 5.93. The van der Waals surface area contributed by atoms with Crippen LogP contribution >= 0.6 is 0 Å². The average molecular weight is 312 g/mol. The van der Waals surface area contributed by atoms with Crippen LogP contribution in [-0.2, 0) is 0 Å². The Hall–Kier alpha value is -3.54. The van der Waals surface area contributed by atoms with E-state index in [0.29, 0.717) is 0 Å². The summed E-state index contributed by atoms with van der Waals surface area (Å²) in [5, 5.41) is 5.21. The molecule has 0 saturated carbocycles. The Balaban J connectivity index is 1.71. The van der Waals surface area contributed by atoms with Crippen molar-refractivity contribution in [3.8, 4) is 22.3 Å². The number of hydrogen-bond acceptors (Lipinski definition) is 4. The van der Waals surface area contributed by atoms with Gasteiger partial charge in [0.2, 0.25) is 0 Å². The van der Waals surface area contributed by atoms with E-state index in [1.54, 1.807) is 17.0 Å². The SMILES string of the molecule is c1cncc(-c2cnc3[nH]cc(-c4ccn5ncnc5c4)c3c2)c1. The van der Waals surface area contributed by atoms with Crippen LogP contribution in [0.15, 0.2) is 67.6 Å². The van der Waals surface area contributed by atoms with Gasteiger partial charge < -0.3 is 4.98 Å². The quantitative estimate of drug-likeness (QED) is 0.542. The molecule has 6 heteroatoms. The highest BCUT2D eigenvalue weighted by atomic mass is 15.3. The van der Waals surface area contributed by atoms with Gasteiger partial charge in [-0.3, -0.25) is 4.98 Å². The number of pyridine rings is 3. The summed E-state index contributed by atoms with van der Waals surface area (Å²) >= 11 is 0. The van der Waals surface area contributed by atoms with Gasteiger partial charge in [0.15, 0.2) is 5.65 Å². The molecule has 5 aromatic rings. The lowest BCUT2D eigenvalue weighted by Gasteiger charge is -2.03. The molecule has 114 valence electrons. The Morgan fingerprint density at radius 1 is 0.958 bits per heavy atom. The van der Waals surface area contributed by atoms with Crippen molar-refractivity contribution in [3.63, 3.8) is 0 Å². The lowest BCUT2D eigenvalue weighted by atomic mass is 10.0. The van der Waals surface area contributed by atoms with Crippen LogP contribution in [0.3, 0.4) is 0 Å². The molecular weight excluding hydrogens is 300 g/mol. The first-order valence-electron chi connectivity index (χ1n) is 7.56. The minimum atomic E-state index is 0.818. The van der Waals surface area contributed by atoms with Crippen LogP contribution in [0.2, 0.25) is 0 Å². The largest absolute Gasteiger partial charge is 0.346 e. The maximum atomic E-state index is 4.54. The molecule has 0 aliphatic carbocycles. The molecule has 5 rings (SSSR count). The highest BCUT2D eigenvalue weighted by Crippen LogP contribution is 2.31. The summed E-state index contributed by atoms with van der Waals surface area (Å²) in [6.07, 6.45) is 10.9. The van der Waals surface area contributed by atoms with Crippen LogP contribution in [0.25, 0.3) is 38.9 Å². The molecule has 0 aliphatic heterocycles. The van der Waals surface area contributed by atoms with E-state index in [0.717, 1.165) is 38.9 Å². The van der Waals surface area contributed by atoms with E-state index in [-0.39, 0.29) is 0 Å². The van der Waals surface area contributed by atoms with Crippen molar-refractivity contribution in [2.24, 2.45) is 0 Å². The molecule has 0 aliphatic rings. The molecule has 1 N–H and O–H groups in total. The minimum Gasteiger partial charge on any atom is -0.346 e. The number of nitrogens with one attached hydrogen (secondary N) is 1. The second-order valence-corrected chi connectivity index (χ2v) is 5.54. The maximum absolute atomic E-state index is 4.54. The lowest BCUT2D eigenvalue weighted by Crippen LogP contribution is -1.87. The molecule has 5 heterocycles. The summed E-state index contributed by atoms with van der Waals surface area (Å²) in [6, 6.07) is 10.1. The van der Waals surface area contributed by atoms with E-state index < -0.39 is 0 Å². The van der Waals surface area contributed by atoms with Crippen LogP contribution in [0.1, 0.15) is 0 Å². The Bertz CT molecular complexity index is 1160. The van der Waals surface area contributed by atoms with Gasteiger partial charge in [0, 0.05) is 53.1 Å². The zero-order chi connectivity index (χ0) is 15.9.